The summed E-state index contributed by atoms with van der Waals surface area (Å²) in [7, 11) is 0. The normalized spacial score (nSPS) is 21.6. The van der Waals surface area contributed by atoms with Gasteiger partial charge in [0.05, 0.1) is 27.5 Å². The van der Waals surface area contributed by atoms with E-state index in [0.29, 0.717) is 16.4 Å². The van der Waals surface area contributed by atoms with Gasteiger partial charge in [0.15, 0.2) is 5.17 Å². The third-order valence-corrected chi connectivity index (χ3v) is 5.26. The van der Waals surface area contributed by atoms with Crippen LogP contribution in [0.4, 0.5) is 5.69 Å². The first-order valence-electron chi connectivity index (χ1n) is 8.16. The van der Waals surface area contributed by atoms with Crippen LogP contribution in [0.25, 0.3) is 0 Å². The number of amidine groups is 1. The molecule has 0 bridgehead atoms. The summed E-state index contributed by atoms with van der Waals surface area (Å²) in [4.78, 5) is 41.9. The Labute approximate surface area is 159 Å². The van der Waals surface area contributed by atoms with Crippen LogP contribution >= 0.6 is 11.8 Å². The van der Waals surface area contributed by atoms with E-state index in [-0.39, 0.29) is 29.0 Å². The molecule has 1 aromatic rings. The second kappa shape index (κ2) is 7.36. The van der Waals surface area contributed by atoms with Crippen molar-refractivity contribution in [3.63, 3.8) is 0 Å². The van der Waals surface area contributed by atoms with Gasteiger partial charge in [-0.3, -0.25) is 19.8 Å². The fraction of sp³-hybridized carbons (Fsp3) is 0.278. The third-order valence-electron chi connectivity index (χ3n) is 4.21. The number of thioether (sulfide) groups is 1. The number of ether oxygens (including phenoxy) is 1. The number of nitro groups is 1. The van der Waals surface area contributed by atoms with Crippen LogP contribution in [-0.2, 0) is 14.3 Å². The SMILES string of the molecule is C=CCOC(=O)C1=C(C)N=C2S[C@H](C)C(=O)N2[C@H]1c1cccc([N+](=O)[O-])c1. The number of esters is 1. The van der Waals surface area contributed by atoms with Crippen molar-refractivity contribution in [3.05, 3.63) is 63.9 Å². The molecule has 2 atom stereocenters. The van der Waals surface area contributed by atoms with Crippen molar-refractivity contribution < 1.29 is 19.2 Å². The Morgan fingerprint density at radius 1 is 1.52 bits per heavy atom. The van der Waals surface area contributed by atoms with Gasteiger partial charge in [0.25, 0.3) is 5.69 Å². The quantitative estimate of drug-likeness (QED) is 0.333. The zero-order chi connectivity index (χ0) is 19.7. The second-order valence-electron chi connectivity index (χ2n) is 6.00. The van der Waals surface area contributed by atoms with Crippen LogP contribution in [0.5, 0.6) is 0 Å². The summed E-state index contributed by atoms with van der Waals surface area (Å²) in [5.41, 5.74) is 0.926. The van der Waals surface area contributed by atoms with Crippen molar-refractivity contribution >= 4 is 34.5 Å². The highest BCUT2D eigenvalue weighted by Gasteiger charge is 2.46. The molecule has 8 nitrogen and oxygen atoms in total. The van der Waals surface area contributed by atoms with E-state index in [4.69, 9.17) is 4.74 Å². The Morgan fingerprint density at radius 3 is 2.93 bits per heavy atom. The molecule has 0 N–H and O–H groups in total. The molecule has 1 amide bonds. The van der Waals surface area contributed by atoms with Gasteiger partial charge in [-0.25, -0.2) is 9.79 Å². The number of amides is 1. The summed E-state index contributed by atoms with van der Waals surface area (Å²) >= 11 is 1.29. The number of non-ortho nitro benzene ring substituents is 1. The molecule has 0 aromatic heterocycles. The molecule has 27 heavy (non-hydrogen) atoms. The van der Waals surface area contributed by atoms with Crippen molar-refractivity contribution in [1.82, 2.24) is 4.90 Å². The molecular formula is C18H17N3O5S. The summed E-state index contributed by atoms with van der Waals surface area (Å²) in [6.07, 6.45) is 1.44. The van der Waals surface area contributed by atoms with Crippen molar-refractivity contribution in [1.29, 1.82) is 0 Å². The number of hydrogen-bond acceptors (Lipinski definition) is 7. The lowest BCUT2D eigenvalue weighted by molar-refractivity contribution is -0.384. The van der Waals surface area contributed by atoms with E-state index in [1.807, 2.05) is 0 Å². The van der Waals surface area contributed by atoms with Gasteiger partial charge in [0.1, 0.15) is 6.61 Å². The van der Waals surface area contributed by atoms with Gasteiger partial charge < -0.3 is 4.74 Å². The minimum absolute atomic E-state index is 0.00689. The Kier molecular flexibility index (Phi) is 5.13. The zero-order valence-corrected chi connectivity index (χ0v) is 15.6. The summed E-state index contributed by atoms with van der Waals surface area (Å²) in [5, 5.41) is 11.3. The molecule has 1 fully saturated rings. The van der Waals surface area contributed by atoms with E-state index in [1.165, 1.54) is 40.9 Å². The van der Waals surface area contributed by atoms with Gasteiger partial charge in [-0.2, -0.15) is 0 Å². The summed E-state index contributed by atoms with van der Waals surface area (Å²) in [6.45, 7) is 6.94. The van der Waals surface area contributed by atoms with Crippen LogP contribution in [0.2, 0.25) is 0 Å². The third kappa shape index (κ3) is 3.37. The van der Waals surface area contributed by atoms with Crippen molar-refractivity contribution in [2.45, 2.75) is 25.1 Å². The largest absolute Gasteiger partial charge is 0.458 e. The molecule has 9 heteroatoms. The maximum Gasteiger partial charge on any atom is 0.338 e. The number of fused-ring (bicyclic) bond motifs is 1. The molecule has 0 radical (unpaired) electrons. The van der Waals surface area contributed by atoms with E-state index in [0.717, 1.165) is 0 Å². The molecular weight excluding hydrogens is 370 g/mol. The Bertz CT molecular complexity index is 908. The number of nitro benzene ring substituents is 1. The van der Waals surface area contributed by atoms with E-state index < -0.39 is 16.9 Å². The maximum atomic E-state index is 12.7. The molecule has 140 valence electrons. The van der Waals surface area contributed by atoms with Gasteiger partial charge in [0, 0.05) is 12.1 Å². The molecule has 2 aliphatic rings. The average molecular weight is 387 g/mol. The van der Waals surface area contributed by atoms with E-state index >= 15 is 0 Å². The van der Waals surface area contributed by atoms with Crippen molar-refractivity contribution in [3.8, 4) is 0 Å². The highest BCUT2D eigenvalue weighted by Crippen LogP contribution is 2.43. The van der Waals surface area contributed by atoms with Gasteiger partial charge in [-0.15, -0.1) is 0 Å². The van der Waals surface area contributed by atoms with Crippen LogP contribution in [-0.4, -0.2) is 38.7 Å². The standard InChI is InChI=1S/C18H17N3O5S/c1-4-8-26-17(23)14-10(2)19-18-20(16(22)11(3)27-18)15(14)12-6-5-7-13(9-12)21(24)25/h4-7,9,11,15H,1,8H2,2-3H3/t11-,15+/m1/s1. The fourth-order valence-electron chi connectivity index (χ4n) is 3.00. The molecule has 0 spiro atoms. The topological polar surface area (TPSA) is 102 Å². The number of aliphatic imine (C=N–C) groups is 1. The Balaban J connectivity index is 2.15. The van der Waals surface area contributed by atoms with Gasteiger partial charge in [0.2, 0.25) is 5.91 Å². The molecule has 0 saturated carbocycles. The lowest BCUT2D eigenvalue weighted by Gasteiger charge is -2.32. The molecule has 0 unspecified atom stereocenters. The first kappa shape index (κ1) is 18.8. The summed E-state index contributed by atoms with van der Waals surface area (Å²) in [5.74, 6) is -0.846. The number of nitrogens with zero attached hydrogens (tertiary/aromatic N) is 3. The predicted molar refractivity (Wildman–Crippen MR) is 101 cm³/mol. The minimum atomic E-state index is -0.834. The van der Waals surface area contributed by atoms with E-state index in [2.05, 4.69) is 11.6 Å². The van der Waals surface area contributed by atoms with Crippen LogP contribution in [0, 0.1) is 10.1 Å². The number of rotatable bonds is 5. The van der Waals surface area contributed by atoms with Gasteiger partial charge in [-0.05, 0) is 19.4 Å². The second-order valence-corrected chi connectivity index (χ2v) is 7.31. The van der Waals surface area contributed by atoms with Crippen LogP contribution in [0.3, 0.4) is 0 Å². The predicted octanol–water partition coefficient (Wildman–Crippen LogP) is 2.97. The van der Waals surface area contributed by atoms with Gasteiger partial charge in [-0.1, -0.05) is 36.5 Å². The van der Waals surface area contributed by atoms with Crippen LogP contribution in [0.1, 0.15) is 25.5 Å². The number of hydrogen-bond donors (Lipinski definition) is 0. The van der Waals surface area contributed by atoms with Crippen LogP contribution < -0.4 is 0 Å². The molecule has 0 aliphatic carbocycles. The van der Waals surface area contributed by atoms with Crippen molar-refractivity contribution in [2.75, 3.05) is 6.61 Å². The first-order valence-corrected chi connectivity index (χ1v) is 9.04. The van der Waals surface area contributed by atoms with Crippen molar-refractivity contribution in [2.24, 2.45) is 4.99 Å². The lowest BCUT2D eigenvalue weighted by Crippen LogP contribution is -2.40. The van der Waals surface area contributed by atoms with Gasteiger partial charge >= 0.3 is 5.97 Å². The number of carbonyl (C=O) groups excluding carboxylic acids is 2. The summed E-state index contributed by atoms with van der Waals surface area (Å²) in [6, 6.07) is 5.06. The molecule has 1 aromatic carbocycles. The highest BCUT2D eigenvalue weighted by molar-refractivity contribution is 8.15. The Morgan fingerprint density at radius 2 is 2.26 bits per heavy atom. The molecule has 1 saturated heterocycles. The Hall–Kier alpha value is -2.94. The zero-order valence-electron chi connectivity index (χ0n) is 14.7. The highest BCUT2D eigenvalue weighted by atomic mass is 32.2. The maximum absolute atomic E-state index is 12.7. The number of allylic oxidation sites excluding steroid dienone is 1. The fourth-order valence-corrected chi connectivity index (χ4v) is 4.03. The monoisotopic (exact) mass is 387 g/mol. The van der Waals surface area contributed by atoms with E-state index in [1.54, 1.807) is 19.9 Å². The van der Waals surface area contributed by atoms with E-state index in [9.17, 15) is 19.7 Å². The first-order chi connectivity index (χ1) is 12.8. The number of benzene rings is 1. The smallest absolute Gasteiger partial charge is 0.338 e. The van der Waals surface area contributed by atoms with Crippen LogP contribution in [0.15, 0.2) is 53.2 Å². The molecule has 2 heterocycles. The summed E-state index contributed by atoms with van der Waals surface area (Å²) < 4.78 is 5.18. The average Bonchev–Trinajstić information content (AvgIpc) is 2.92. The minimum Gasteiger partial charge on any atom is -0.458 e. The lowest BCUT2D eigenvalue weighted by atomic mass is 9.94. The number of carbonyl (C=O) groups is 2. The molecule has 3 rings (SSSR count). The molecule has 2 aliphatic heterocycles.